The van der Waals surface area contributed by atoms with Crippen molar-refractivity contribution < 1.29 is 8.42 Å². The van der Waals surface area contributed by atoms with Gasteiger partial charge in [0.05, 0.1) is 5.02 Å². The lowest BCUT2D eigenvalue weighted by molar-refractivity contribution is 0.437. The Morgan fingerprint density at radius 3 is 2.67 bits per heavy atom. The van der Waals surface area contributed by atoms with Gasteiger partial charge in [0, 0.05) is 24.7 Å². The number of halogens is 2. The molecule has 1 aromatic rings. The van der Waals surface area contributed by atoms with Crippen molar-refractivity contribution in [3.8, 4) is 0 Å². The molecule has 0 saturated heterocycles. The van der Waals surface area contributed by atoms with Crippen LogP contribution in [0.1, 0.15) is 18.9 Å². The number of nitrogens with one attached hydrogen (secondary N) is 1. The van der Waals surface area contributed by atoms with Crippen molar-refractivity contribution in [3.05, 3.63) is 39.9 Å². The Kier molecular flexibility index (Phi) is 5.68. The van der Waals surface area contributed by atoms with Crippen molar-refractivity contribution in [2.45, 2.75) is 24.8 Å². The van der Waals surface area contributed by atoms with Crippen LogP contribution in [0, 0.1) is 0 Å². The highest BCUT2D eigenvalue weighted by Crippen LogP contribution is 2.32. The molecule has 2 rings (SSSR count). The van der Waals surface area contributed by atoms with Gasteiger partial charge in [-0.2, -0.15) is 4.31 Å². The molecule has 0 amide bonds. The maximum absolute atomic E-state index is 12.7. The molecule has 0 aliphatic carbocycles. The Balaban J connectivity index is 2.42. The van der Waals surface area contributed by atoms with Crippen LogP contribution in [0.5, 0.6) is 0 Å². The van der Waals surface area contributed by atoms with E-state index >= 15 is 0 Å². The van der Waals surface area contributed by atoms with Gasteiger partial charge in [0.1, 0.15) is 4.90 Å². The van der Waals surface area contributed by atoms with E-state index in [0.29, 0.717) is 36.6 Å². The molecule has 1 N–H and O–H groups in total. The number of nitrogens with zero attached hydrogens (tertiary/aromatic N) is 1. The second-order valence-electron chi connectivity index (χ2n) is 4.78. The standard InChI is InChI=1S/C14H18Cl2N2O2S/c1-2-17-10-11-8-12(15)9-13(14(11)16)21(19,20)18-6-4-3-5-7-18/h3-4,8-9,17H,2,5-7,10H2,1H3. The van der Waals surface area contributed by atoms with Crippen molar-refractivity contribution in [1.29, 1.82) is 0 Å². The lowest BCUT2D eigenvalue weighted by Crippen LogP contribution is -2.34. The summed E-state index contributed by atoms with van der Waals surface area (Å²) in [4.78, 5) is 0.0832. The van der Waals surface area contributed by atoms with Gasteiger partial charge in [0.15, 0.2) is 0 Å². The molecule has 0 atom stereocenters. The van der Waals surface area contributed by atoms with E-state index in [9.17, 15) is 8.42 Å². The summed E-state index contributed by atoms with van der Waals surface area (Å²) in [7, 11) is -3.62. The number of benzene rings is 1. The molecule has 1 aliphatic heterocycles. The summed E-state index contributed by atoms with van der Waals surface area (Å²) in [5.41, 5.74) is 0.692. The fourth-order valence-corrected chi connectivity index (χ4v) is 4.49. The number of rotatable bonds is 5. The van der Waals surface area contributed by atoms with Gasteiger partial charge >= 0.3 is 0 Å². The van der Waals surface area contributed by atoms with Crippen LogP contribution in [-0.2, 0) is 16.6 Å². The molecule has 7 heteroatoms. The summed E-state index contributed by atoms with van der Waals surface area (Å²) in [5.74, 6) is 0. The Morgan fingerprint density at radius 2 is 2.05 bits per heavy atom. The van der Waals surface area contributed by atoms with Gasteiger partial charge in [-0.15, -0.1) is 0 Å². The van der Waals surface area contributed by atoms with Crippen molar-refractivity contribution in [1.82, 2.24) is 9.62 Å². The smallest absolute Gasteiger partial charge is 0.244 e. The zero-order valence-corrected chi connectivity index (χ0v) is 14.1. The second kappa shape index (κ2) is 7.11. The average Bonchev–Trinajstić information content (AvgIpc) is 2.48. The Bertz CT molecular complexity index is 645. The highest BCUT2D eigenvalue weighted by Gasteiger charge is 2.28. The van der Waals surface area contributed by atoms with Crippen molar-refractivity contribution in [3.63, 3.8) is 0 Å². The quantitative estimate of drug-likeness (QED) is 0.832. The SMILES string of the molecule is CCNCc1cc(Cl)cc(S(=O)(=O)N2CC=CCC2)c1Cl. The van der Waals surface area contributed by atoms with Gasteiger partial charge in [-0.05, 0) is 30.7 Å². The third-order valence-corrected chi connectivity index (χ3v) is 5.95. The molecule has 116 valence electrons. The Hall–Kier alpha value is -0.590. The summed E-state index contributed by atoms with van der Waals surface area (Å²) in [6.07, 6.45) is 4.53. The molecule has 0 radical (unpaired) electrons. The molecular formula is C14H18Cl2N2O2S. The zero-order valence-electron chi connectivity index (χ0n) is 11.8. The first-order chi connectivity index (χ1) is 9.96. The molecule has 1 heterocycles. The number of hydrogen-bond acceptors (Lipinski definition) is 3. The largest absolute Gasteiger partial charge is 0.313 e. The van der Waals surface area contributed by atoms with Gasteiger partial charge in [0.25, 0.3) is 0 Å². The molecule has 0 bridgehead atoms. The van der Waals surface area contributed by atoms with Gasteiger partial charge < -0.3 is 5.32 Å². The first kappa shape index (κ1) is 16.8. The monoisotopic (exact) mass is 348 g/mol. The molecule has 0 unspecified atom stereocenters. The first-order valence-electron chi connectivity index (χ1n) is 6.80. The lowest BCUT2D eigenvalue weighted by Gasteiger charge is -2.24. The van der Waals surface area contributed by atoms with E-state index in [4.69, 9.17) is 23.2 Å². The first-order valence-corrected chi connectivity index (χ1v) is 9.00. The maximum Gasteiger partial charge on any atom is 0.244 e. The molecule has 0 aromatic heterocycles. The van der Waals surface area contributed by atoms with Crippen LogP contribution >= 0.6 is 23.2 Å². The zero-order chi connectivity index (χ0) is 15.5. The van der Waals surface area contributed by atoms with Crippen molar-refractivity contribution in [2.24, 2.45) is 0 Å². The molecule has 21 heavy (non-hydrogen) atoms. The summed E-state index contributed by atoms with van der Waals surface area (Å²) in [6.45, 7) is 4.05. The highest BCUT2D eigenvalue weighted by molar-refractivity contribution is 7.89. The minimum atomic E-state index is -3.62. The fraction of sp³-hybridized carbons (Fsp3) is 0.429. The molecule has 0 fully saturated rings. The average molecular weight is 349 g/mol. The predicted molar refractivity (Wildman–Crippen MR) is 86.4 cm³/mol. The molecule has 1 aromatic carbocycles. The summed E-state index contributed by atoms with van der Waals surface area (Å²) < 4.78 is 26.8. The van der Waals surface area contributed by atoms with E-state index in [1.165, 1.54) is 10.4 Å². The van der Waals surface area contributed by atoms with Gasteiger partial charge in [-0.1, -0.05) is 42.3 Å². The van der Waals surface area contributed by atoms with Crippen LogP contribution in [0.2, 0.25) is 10.0 Å². The van der Waals surface area contributed by atoms with Gasteiger partial charge in [-0.3, -0.25) is 0 Å². The summed E-state index contributed by atoms with van der Waals surface area (Å²) in [6, 6.07) is 3.12. The normalized spacial score (nSPS) is 16.3. The molecular weight excluding hydrogens is 331 g/mol. The topological polar surface area (TPSA) is 49.4 Å². The number of sulfonamides is 1. The Labute approximate surface area is 135 Å². The summed E-state index contributed by atoms with van der Waals surface area (Å²) >= 11 is 12.4. The summed E-state index contributed by atoms with van der Waals surface area (Å²) in [5, 5.41) is 3.75. The molecule has 4 nitrogen and oxygen atoms in total. The van der Waals surface area contributed by atoms with Gasteiger partial charge in [-0.25, -0.2) is 8.42 Å². The minimum absolute atomic E-state index is 0.0832. The van der Waals surface area contributed by atoms with Crippen LogP contribution in [0.4, 0.5) is 0 Å². The van der Waals surface area contributed by atoms with E-state index in [1.54, 1.807) is 6.07 Å². The van der Waals surface area contributed by atoms with E-state index < -0.39 is 10.0 Å². The molecule has 0 spiro atoms. The van der Waals surface area contributed by atoms with Crippen LogP contribution in [0.25, 0.3) is 0 Å². The third kappa shape index (κ3) is 3.79. The van der Waals surface area contributed by atoms with Crippen LogP contribution in [0.3, 0.4) is 0 Å². The predicted octanol–water partition coefficient (Wildman–Crippen LogP) is 3.05. The van der Waals surface area contributed by atoms with Crippen molar-refractivity contribution >= 4 is 33.2 Å². The van der Waals surface area contributed by atoms with E-state index in [2.05, 4.69) is 5.32 Å². The lowest BCUT2D eigenvalue weighted by atomic mass is 10.2. The van der Waals surface area contributed by atoms with Crippen LogP contribution in [-0.4, -0.2) is 32.4 Å². The minimum Gasteiger partial charge on any atom is -0.313 e. The van der Waals surface area contributed by atoms with Crippen LogP contribution in [0.15, 0.2) is 29.2 Å². The maximum atomic E-state index is 12.7. The third-order valence-electron chi connectivity index (χ3n) is 3.28. The van der Waals surface area contributed by atoms with E-state index in [0.717, 1.165) is 6.54 Å². The molecule has 0 saturated carbocycles. The van der Waals surface area contributed by atoms with E-state index in [1.807, 2.05) is 19.1 Å². The molecule has 1 aliphatic rings. The number of hydrogen-bond donors (Lipinski definition) is 1. The Morgan fingerprint density at radius 1 is 1.29 bits per heavy atom. The van der Waals surface area contributed by atoms with E-state index in [-0.39, 0.29) is 9.92 Å². The van der Waals surface area contributed by atoms with Gasteiger partial charge in [0.2, 0.25) is 10.0 Å². The van der Waals surface area contributed by atoms with Crippen molar-refractivity contribution in [2.75, 3.05) is 19.6 Å². The second-order valence-corrected chi connectivity index (χ2v) is 7.50. The highest BCUT2D eigenvalue weighted by atomic mass is 35.5. The fourth-order valence-electron chi connectivity index (χ4n) is 2.17. The van der Waals surface area contributed by atoms with Crippen LogP contribution < -0.4 is 5.32 Å².